The smallest absolute Gasteiger partial charge is 0.204 e. The molecule has 1 aliphatic carbocycles. The van der Waals surface area contributed by atoms with Crippen LogP contribution in [0.1, 0.15) is 110 Å². The van der Waals surface area contributed by atoms with Crippen molar-refractivity contribution in [1.29, 1.82) is 0 Å². The SMILES string of the molecule is C#C.CC.CC(C)N1CCC2(CC1)CC2.CCC(=O)CCCCCCc1ncc(-c2cc3ccc(C)nc3cc2OC)[nH]1.NC=O. The Kier molecular flexibility index (Phi) is 19.2. The van der Waals surface area contributed by atoms with Gasteiger partial charge < -0.3 is 20.4 Å². The van der Waals surface area contributed by atoms with Gasteiger partial charge in [0.2, 0.25) is 6.41 Å². The summed E-state index contributed by atoms with van der Waals surface area (Å²) in [4.78, 5) is 35.1. The van der Waals surface area contributed by atoms with Crippen LogP contribution in [0.4, 0.5) is 0 Å². The zero-order chi connectivity index (χ0) is 34.5. The number of amides is 1. The molecule has 2 aliphatic rings. The Morgan fingerprint density at radius 2 is 1.72 bits per heavy atom. The summed E-state index contributed by atoms with van der Waals surface area (Å²) in [7, 11) is 1.68. The third kappa shape index (κ3) is 13.3. The van der Waals surface area contributed by atoms with Crippen LogP contribution >= 0.6 is 0 Å². The number of Topliss-reactive ketones (excluding diaryl/α,β-unsaturated/α-hetero) is 1. The largest absolute Gasteiger partial charge is 0.496 e. The fourth-order valence-corrected chi connectivity index (χ4v) is 5.60. The van der Waals surface area contributed by atoms with Crippen molar-refractivity contribution in [3.63, 3.8) is 0 Å². The molecule has 1 spiro atoms. The number of pyridine rings is 1. The number of hydrogen-bond acceptors (Lipinski definition) is 6. The summed E-state index contributed by atoms with van der Waals surface area (Å²) >= 11 is 0. The number of carbonyl (C=O) groups excluding carboxylic acids is 2. The van der Waals surface area contributed by atoms with E-state index in [1.165, 1.54) is 38.8 Å². The van der Waals surface area contributed by atoms with E-state index in [2.05, 4.69) is 64.4 Å². The summed E-state index contributed by atoms with van der Waals surface area (Å²) in [6.07, 6.45) is 22.7. The first-order valence-electron chi connectivity index (χ1n) is 17.0. The number of nitrogens with two attached hydrogens (primary N) is 1. The van der Waals surface area contributed by atoms with Crippen molar-refractivity contribution in [2.45, 2.75) is 118 Å². The van der Waals surface area contributed by atoms with E-state index in [1.807, 2.05) is 46.0 Å². The number of terminal acetylenes is 1. The predicted molar refractivity (Wildman–Crippen MR) is 192 cm³/mol. The molecule has 1 amide bonds. The monoisotopic (exact) mass is 633 g/mol. The Morgan fingerprint density at radius 1 is 1.09 bits per heavy atom. The molecule has 5 rings (SSSR count). The fraction of sp³-hybridized carbons (Fsp3) is 0.579. The lowest BCUT2D eigenvalue weighted by atomic mass is 9.93. The maximum absolute atomic E-state index is 11.3. The van der Waals surface area contributed by atoms with E-state index in [0.717, 1.165) is 89.4 Å². The third-order valence-corrected chi connectivity index (χ3v) is 8.63. The minimum Gasteiger partial charge on any atom is -0.496 e. The third-order valence-electron chi connectivity index (χ3n) is 8.63. The van der Waals surface area contributed by atoms with Crippen LogP contribution in [0.25, 0.3) is 22.2 Å². The van der Waals surface area contributed by atoms with Gasteiger partial charge in [0.1, 0.15) is 17.4 Å². The highest BCUT2D eigenvalue weighted by atomic mass is 16.5. The number of carbonyl (C=O) groups is 2. The quantitative estimate of drug-likeness (QED) is 0.125. The summed E-state index contributed by atoms with van der Waals surface area (Å²) in [5.41, 5.74) is 8.90. The average molecular weight is 634 g/mol. The Bertz CT molecular complexity index is 1320. The van der Waals surface area contributed by atoms with Gasteiger partial charge in [-0.15, -0.1) is 12.8 Å². The molecule has 0 atom stereocenters. The number of hydrogen-bond donors (Lipinski definition) is 2. The molecule has 46 heavy (non-hydrogen) atoms. The summed E-state index contributed by atoms with van der Waals surface area (Å²) in [5.74, 6) is 2.15. The van der Waals surface area contributed by atoms with Gasteiger partial charge in [0.15, 0.2) is 0 Å². The molecule has 2 fully saturated rings. The second-order valence-corrected chi connectivity index (χ2v) is 12.0. The van der Waals surface area contributed by atoms with E-state index in [4.69, 9.17) is 9.53 Å². The highest BCUT2D eigenvalue weighted by Gasteiger charge is 2.44. The number of ketones is 1. The molecule has 1 aliphatic heterocycles. The zero-order valence-corrected chi connectivity index (χ0v) is 29.5. The minimum absolute atomic E-state index is 0.250. The van der Waals surface area contributed by atoms with Crippen LogP contribution in [0.5, 0.6) is 5.75 Å². The highest BCUT2D eigenvalue weighted by molar-refractivity contribution is 5.87. The van der Waals surface area contributed by atoms with Crippen molar-refractivity contribution in [1.82, 2.24) is 19.9 Å². The summed E-state index contributed by atoms with van der Waals surface area (Å²) in [6.45, 7) is 15.3. The maximum Gasteiger partial charge on any atom is 0.204 e. The molecule has 0 unspecified atom stereocenters. The summed E-state index contributed by atoms with van der Waals surface area (Å²) < 4.78 is 5.60. The number of unbranched alkanes of at least 4 members (excludes halogenated alkanes) is 3. The Hall–Kier alpha value is -3.70. The first kappa shape index (κ1) is 40.3. The van der Waals surface area contributed by atoms with Crippen molar-refractivity contribution < 1.29 is 14.3 Å². The second-order valence-electron chi connectivity index (χ2n) is 12.0. The fourth-order valence-electron chi connectivity index (χ4n) is 5.60. The predicted octanol–water partition coefficient (Wildman–Crippen LogP) is 8.06. The van der Waals surface area contributed by atoms with E-state index in [9.17, 15) is 4.79 Å². The number of methoxy groups -OCH3 is 1. The number of ether oxygens (including phenoxy) is 1. The number of fused-ring (bicyclic) bond motifs is 1. The number of nitrogens with zero attached hydrogens (tertiary/aromatic N) is 3. The van der Waals surface area contributed by atoms with E-state index >= 15 is 0 Å². The van der Waals surface area contributed by atoms with Gasteiger partial charge in [-0.05, 0) is 89.9 Å². The van der Waals surface area contributed by atoms with Gasteiger partial charge in [0.25, 0.3) is 0 Å². The maximum atomic E-state index is 11.3. The first-order valence-corrected chi connectivity index (χ1v) is 17.0. The van der Waals surface area contributed by atoms with Crippen molar-refractivity contribution in [3.05, 3.63) is 42.0 Å². The van der Waals surface area contributed by atoms with Crippen LogP contribution in [0.15, 0.2) is 30.5 Å². The number of imidazole rings is 1. The molecular formula is C38H59N5O3. The van der Waals surface area contributed by atoms with Crippen LogP contribution < -0.4 is 10.5 Å². The molecule has 8 heteroatoms. The molecule has 0 bridgehead atoms. The van der Waals surface area contributed by atoms with Crippen molar-refractivity contribution >= 4 is 23.1 Å². The average Bonchev–Trinajstić information content (AvgIpc) is 3.66. The van der Waals surface area contributed by atoms with Crippen molar-refractivity contribution in [2.24, 2.45) is 11.1 Å². The lowest BCUT2D eigenvalue weighted by Gasteiger charge is -2.34. The summed E-state index contributed by atoms with van der Waals surface area (Å²) in [5, 5.41) is 1.08. The molecular weight excluding hydrogens is 574 g/mol. The molecule has 2 aromatic heterocycles. The van der Waals surface area contributed by atoms with Crippen LogP contribution in [-0.4, -0.2) is 58.3 Å². The molecule has 3 aromatic rings. The van der Waals surface area contributed by atoms with Gasteiger partial charge in [-0.25, -0.2) is 4.98 Å². The molecule has 8 nitrogen and oxygen atoms in total. The topological polar surface area (TPSA) is 114 Å². The number of rotatable bonds is 11. The number of benzene rings is 1. The molecule has 3 N–H and O–H groups in total. The molecule has 254 valence electrons. The minimum atomic E-state index is 0.250. The Labute approximate surface area is 278 Å². The van der Waals surface area contributed by atoms with Crippen LogP contribution in [0.2, 0.25) is 0 Å². The van der Waals surface area contributed by atoms with Crippen LogP contribution in [-0.2, 0) is 16.0 Å². The standard InChI is InChI=1S/C23H29N3O2.C10H19N.C2H6.C2H2.CH3NO/c1-4-18(27)9-7-5-6-8-10-23-24-15-21(26-23)19-13-17-12-11-16(2)25-20(17)14-22(19)28-3;1-9(2)11-7-5-10(3-4-10)6-8-11;2*1-2;2-1-3/h11-15H,4-10H2,1-3H3,(H,24,26);9H,3-8H2,1-2H3;1-2H3;1-2H;1H,(H2,2,3). The van der Waals surface area contributed by atoms with Crippen molar-refractivity contribution in [2.75, 3.05) is 20.2 Å². The number of aryl methyl sites for hydroxylation is 2. The van der Waals surface area contributed by atoms with E-state index in [0.29, 0.717) is 12.2 Å². The molecule has 1 saturated carbocycles. The van der Waals surface area contributed by atoms with Crippen molar-refractivity contribution in [3.8, 4) is 29.9 Å². The molecule has 1 saturated heterocycles. The van der Waals surface area contributed by atoms with Gasteiger partial charge in [-0.1, -0.05) is 39.7 Å². The highest BCUT2D eigenvalue weighted by Crippen LogP contribution is 2.53. The van der Waals surface area contributed by atoms with Crippen LogP contribution in [0, 0.1) is 25.2 Å². The number of likely N-dealkylation sites (tertiary alicyclic amines) is 1. The van der Waals surface area contributed by atoms with Crippen LogP contribution in [0.3, 0.4) is 0 Å². The van der Waals surface area contributed by atoms with E-state index in [1.54, 1.807) is 7.11 Å². The lowest BCUT2D eigenvalue weighted by Crippen LogP contribution is -2.38. The number of aromatic nitrogens is 3. The van der Waals surface area contributed by atoms with Gasteiger partial charge in [-0.3, -0.25) is 14.6 Å². The number of nitrogens with one attached hydrogen (secondary N) is 1. The van der Waals surface area contributed by atoms with Gasteiger partial charge >= 0.3 is 0 Å². The summed E-state index contributed by atoms with van der Waals surface area (Å²) in [6, 6.07) is 8.95. The molecule has 0 radical (unpaired) electrons. The number of aromatic amines is 1. The zero-order valence-electron chi connectivity index (χ0n) is 29.5. The van der Waals surface area contributed by atoms with Gasteiger partial charge in [0, 0.05) is 48.0 Å². The number of piperidine rings is 1. The van der Waals surface area contributed by atoms with Gasteiger partial charge in [-0.2, -0.15) is 0 Å². The molecule has 3 heterocycles. The first-order chi connectivity index (χ1) is 22.2. The Balaban J connectivity index is 0.000000483. The van der Waals surface area contributed by atoms with Gasteiger partial charge in [0.05, 0.1) is 24.5 Å². The number of H-pyrrole nitrogens is 1. The second kappa shape index (κ2) is 21.9. The Morgan fingerprint density at radius 3 is 2.28 bits per heavy atom. The number of primary amides is 1. The normalized spacial score (nSPS) is 14.3. The molecule has 1 aromatic carbocycles. The van der Waals surface area contributed by atoms with E-state index < -0.39 is 0 Å². The van der Waals surface area contributed by atoms with E-state index in [-0.39, 0.29) is 6.41 Å². The lowest BCUT2D eigenvalue weighted by molar-refractivity contribution is -0.118.